The summed E-state index contributed by atoms with van der Waals surface area (Å²) in [5.41, 5.74) is 0.744. The van der Waals surface area contributed by atoms with Gasteiger partial charge >= 0.3 is 5.97 Å². The van der Waals surface area contributed by atoms with Crippen LogP contribution in [0.5, 0.6) is 0 Å². The highest BCUT2D eigenvalue weighted by atomic mass is 32.2. The van der Waals surface area contributed by atoms with Gasteiger partial charge in [0.2, 0.25) is 0 Å². The van der Waals surface area contributed by atoms with E-state index in [1.165, 1.54) is 27.3 Å². The molecule has 1 amide bonds. The predicted octanol–water partition coefficient (Wildman–Crippen LogP) is 0.721. The van der Waals surface area contributed by atoms with Gasteiger partial charge in [0.15, 0.2) is 0 Å². The highest BCUT2D eigenvalue weighted by molar-refractivity contribution is 7.87. The lowest BCUT2D eigenvalue weighted by Gasteiger charge is -2.33. The number of piperidine rings is 1. The standard InChI is InChI=1S/C17H25N3O5S/c1-19(2)26(23,24)18-11-13-6-5-9-20(12-13)16(21)14-7-4-8-15(10-14)17(22)25-3/h4,7-8,10,13,18H,5-6,9,11-12H2,1-3H3. The van der Waals surface area contributed by atoms with Crippen molar-refractivity contribution < 1.29 is 22.7 Å². The SMILES string of the molecule is COC(=O)c1cccc(C(=O)N2CCCC(CNS(=O)(=O)N(C)C)C2)c1. The Morgan fingerprint density at radius 2 is 2.00 bits per heavy atom. The maximum absolute atomic E-state index is 12.7. The molecule has 2 rings (SSSR count). The molecule has 1 aromatic carbocycles. The average molecular weight is 383 g/mol. The Morgan fingerprint density at radius 1 is 1.31 bits per heavy atom. The van der Waals surface area contributed by atoms with Gasteiger partial charge in [0, 0.05) is 39.3 Å². The number of amides is 1. The molecule has 0 saturated carbocycles. The second-order valence-electron chi connectivity index (χ2n) is 6.47. The lowest BCUT2D eigenvalue weighted by atomic mass is 9.97. The van der Waals surface area contributed by atoms with Crippen LogP contribution in [0.15, 0.2) is 24.3 Å². The molecule has 1 atom stereocenters. The number of ether oxygens (including phenoxy) is 1. The number of hydrogen-bond donors (Lipinski definition) is 1. The summed E-state index contributed by atoms with van der Waals surface area (Å²) in [6, 6.07) is 6.42. The number of methoxy groups -OCH3 is 1. The highest BCUT2D eigenvalue weighted by Gasteiger charge is 2.26. The molecule has 1 aliphatic rings. The van der Waals surface area contributed by atoms with Crippen molar-refractivity contribution in [2.24, 2.45) is 5.92 Å². The van der Waals surface area contributed by atoms with Gasteiger partial charge < -0.3 is 9.64 Å². The quantitative estimate of drug-likeness (QED) is 0.731. The van der Waals surface area contributed by atoms with E-state index in [1.807, 2.05) is 0 Å². The van der Waals surface area contributed by atoms with Crippen molar-refractivity contribution >= 4 is 22.1 Å². The minimum Gasteiger partial charge on any atom is -0.465 e. The van der Waals surface area contributed by atoms with E-state index >= 15 is 0 Å². The molecule has 1 fully saturated rings. The average Bonchev–Trinajstić information content (AvgIpc) is 2.65. The van der Waals surface area contributed by atoms with Crippen molar-refractivity contribution in [2.45, 2.75) is 12.8 Å². The molecule has 0 aliphatic carbocycles. The van der Waals surface area contributed by atoms with Crippen molar-refractivity contribution in [3.8, 4) is 0 Å². The third-order valence-electron chi connectivity index (χ3n) is 4.37. The summed E-state index contributed by atoms with van der Waals surface area (Å²) in [5.74, 6) is -0.614. The van der Waals surface area contributed by atoms with Crippen LogP contribution in [0.25, 0.3) is 0 Å². The maximum atomic E-state index is 12.7. The summed E-state index contributed by atoms with van der Waals surface area (Å²) in [6.07, 6.45) is 1.65. The number of esters is 1. The summed E-state index contributed by atoms with van der Waals surface area (Å²) in [5, 5.41) is 0. The van der Waals surface area contributed by atoms with Gasteiger partial charge in [0.1, 0.15) is 0 Å². The zero-order valence-electron chi connectivity index (χ0n) is 15.3. The predicted molar refractivity (Wildman–Crippen MR) is 97.0 cm³/mol. The number of benzene rings is 1. The Balaban J connectivity index is 2.03. The molecular weight excluding hydrogens is 358 g/mol. The van der Waals surface area contributed by atoms with Gasteiger partial charge in [-0.3, -0.25) is 4.79 Å². The van der Waals surface area contributed by atoms with E-state index < -0.39 is 16.2 Å². The minimum absolute atomic E-state index is 0.0474. The molecule has 1 unspecified atom stereocenters. The van der Waals surface area contributed by atoms with Crippen molar-refractivity contribution in [3.63, 3.8) is 0 Å². The van der Waals surface area contributed by atoms with Gasteiger partial charge in [-0.2, -0.15) is 12.7 Å². The van der Waals surface area contributed by atoms with Crippen LogP contribution in [0.4, 0.5) is 0 Å². The Hall–Kier alpha value is -1.97. The highest BCUT2D eigenvalue weighted by Crippen LogP contribution is 2.19. The van der Waals surface area contributed by atoms with E-state index in [2.05, 4.69) is 9.46 Å². The first-order chi connectivity index (χ1) is 12.2. The molecule has 0 spiro atoms. The third-order valence-corrected chi connectivity index (χ3v) is 5.86. The van der Waals surface area contributed by atoms with E-state index in [1.54, 1.807) is 23.1 Å². The molecule has 1 aromatic rings. The molecule has 8 nitrogen and oxygen atoms in total. The summed E-state index contributed by atoms with van der Waals surface area (Å²) < 4.78 is 32.0. The van der Waals surface area contributed by atoms with Crippen LogP contribution < -0.4 is 4.72 Å². The summed E-state index contributed by atoms with van der Waals surface area (Å²) in [6.45, 7) is 1.36. The summed E-state index contributed by atoms with van der Waals surface area (Å²) in [7, 11) is 0.747. The van der Waals surface area contributed by atoms with Crippen LogP contribution in [0.2, 0.25) is 0 Å². The van der Waals surface area contributed by atoms with E-state index in [-0.39, 0.29) is 18.4 Å². The van der Waals surface area contributed by atoms with Crippen LogP contribution in [-0.4, -0.2) is 70.3 Å². The smallest absolute Gasteiger partial charge is 0.337 e. The van der Waals surface area contributed by atoms with Crippen molar-refractivity contribution in [1.29, 1.82) is 0 Å². The lowest BCUT2D eigenvalue weighted by Crippen LogP contribution is -2.45. The first-order valence-electron chi connectivity index (χ1n) is 8.39. The first-order valence-corrected chi connectivity index (χ1v) is 9.83. The molecule has 0 radical (unpaired) electrons. The fraction of sp³-hybridized carbons (Fsp3) is 0.529. The Labute approximate surface area is 154 Å². The van der Waals surface area contributed by atoms with Gasteiger partial charge in [-0.25, -0.2) is 9.52 Å². The number of carbonyl (C=O) groups is 2. The second kappa shape index (κ2) is 8.61. The van der Waals surface area contributed by atoms with Crippen molar-refractivity contribution in [1.82, 2.24) is 13.9 Å². The zero-order chi connectivity index (χ0) is 19.3. The molecule has 0 bridgehead atoms. The molecule has 1 aliphatic heterocycles. The van der Waals surface area contributed by atoms with Gasteiger partial charge in [0.05, 0.1) is 12.7 Å². The Morgan fingerprint density at radius 3 is 2.65 bits per heavy atom. The van der Waals surface area contributed by atoms with Gasteiger partial charge in [-0.1, -0.05) is 6.07 Å². The fourth-order valence-corrected chi connectivity index (χ4v) is 3.55. The van der Waals surface area contributed by atoms with Crippen molar-refractivity contribution in [2.75, 3.05) is 40.8 Å². The van der Waals surface area contributed by atoms with Crippen molar-refractivity contribution in [3.05, 3.63) is 35.4 Å². The van der Waals surface area contributed by atoms with E-state index in [9.17, 15) is 18.0 Å². The number of hydrogen-bond acceptors (Lipinski definition) is 5. The monoisotopic (exact) mass is 383 g/mol. The first kappa shape index (κ1) is 20.3. The second-order valence-corrected chi connectivity index (χ2v) is 8.44. The van der Waals surface area contributed by atoms with Crippen LogP contribution in [-0.2, 0) is 14.9 Å². The molecule has 1 heterocycles. The summed E-state index contributed by atoms with van der Waals surface area (Å²) >= 11 is 0. The molecule has 144 valence electrons. The largest absolute Gasteiger partial charge is 0.465 e. The minimum atomic E-state index is -3.48. The normalized spacial score (nSPS) is 18.0. The number of rotatable bonds is 6. The van der Waals surface area contributed by atoms with Gasteiger partial charge in [0.25, 0.3) is 16.1 Å². The number of likely N-dealkylation sites (tertiary alicyclic amines) is 1. The Kier molecular flexibility index (Phi) is 6.74. The molecule has 1 N–H and O–H groups in total. The molecule has 26 heavy (non-hydrogen) atoms. The fourth-order valence-electron chi connectivity index (χ4n) is 2.85. The van der Waals surface area contributed by atoms with Crippen LogP contribution >= 0.6 is 0 Å². The number of nitrogens with one attached hydrogen (secondary N) is 1. The van der Waals surface area contributed by atoms with E-state index in [0.717, 1.165) is 17.1 Å². The van der Waals surface area contributed by atoms with E-state index in [0.29, 0.717) is 24.2 Å². The van der Waals surface area contributed by atoms with Gasteiger partial charge in [-0.05, 0) is 37.0 Å². The molecular formula is C17H25N3O5S. The lowest BCUT2D eigenvalue weighted by molar-refractivity contribution is 0.0600. The Bertz CT molecular complexity index is 763. The number of nitrogens with zero attached hydrogens (tertiary/aromatic N) is 2. The zero-order valence-corrected chi connectivity index (χ0v) is 16.1. The van der Waals surface area contributed by atoms with Crippen LogP contribution in [0, 0.1) is 5.92 Å². The maximum Gasteiger partial charge on any atom is 0.337 e. The number of carbonyl (C=O) groups excluding carboxylic acids is 2. The summed E-state index contributed by atoms with van der Waals surface area (Å²) in [4.78, 5) is 26.1. The van der Waals surface area contributed by atoms with Crippen LogP contribution in [0.1, 0.15) is 33.6 Å². The molecule has 0 aromatic heterocycles. The topological polar surface area (TPSA) is 96.0 Å². The molecule has 1 saturated heterocycles. The third kappa shape index (κ3) is 5.03. The van der Waals surface area contributed by atoms with Gasteiger partial charge in [-0.15, -0.1) is 0 Å². The van der Waals surface area contributed by atoms with Crippen LogP contribution in [0.3, 0.4) is 0 Å². The molecule has 9 heteroatoms. The van der Waals surface area contributed by atoms with E-state index in [4.69, 9.17) is 0 Å².